The lowest BCUT2D eigenvalue weighted by atomic mass is 9.78. The van der Waals surface area contributed by atoms with Gasteiger partial charge in [0.1, 0.15) is 17.6 Å². The average Bonchev–Trinajstić information content (AvgIpc) is 3.00. The molecule has 3 rings (SSSR count). The number of alkyl halides is 2. The Balaban J connectivity index is 1.96. The van der Waals surface area contributed by atoms with Gasteiger partial charge >= 0.3 is 6.09 Å². The summed E-state index contributed by atoms with van der Waals surface area (Å²) in [6.07, 6.45) is -0.350. The smallest absolute Gasteiger partial charge is 0.410 e. The van der Waals surface area contributed by atoms with Crippen molar-refractivity contribution in [2.45, 2.75) is 58.0 Å². The summed E-state index contributed by atoms with van der Waals surface area (Å²) in [4.78, 5) is 21.9. The molecule has 26 heavy (non-hydrogen) atoms. The van der Waals surface area contributed by atoms with E-state index in [2.05, 4.69) is 15.1 Å². The van der Waals surface area contributed by atoms with Crippen LogP contribution in [-0.4, -0.2) is 49.3 Å². The zero-order valence-corrected chi connectivity index (χ0v) is 15.4. The molecule has 1 aliphatic rings. The first-order valence-corrected chi connectivity index (χ1v) is 8.56. The van der Waals surface area contributed by atoms with Gasteiger partial charge in [-0.1, -0.05) is 6.92 Å². The summed E-state index contributed by atoms with van der Waals surface area (Å²) in [5, 5.41) is 4.13. The maximum atomic E-state index is 13.3. The Hall–Kier alpha value is -2.32. The van der Waals surface area contributed by atoms with Crippen molar-refractivity contribution in [3.8, 4) is 0 Å². The van der Waals surface area contributed by atoms with Crippen molar-refractivity contribution in [1.82, 2.24) is 24.5 Å². The number of hydrogen-bond acceptors (Lipinski definition) is 5. The van der Waals surface area contributed by atoms with Crippen molar-refractivity contribution in [3.05, 3.63) is 23.8 Å². The van der Waals surface area contributed by atoms with Gasteiger partial charge in [-0.2, -0.15) is 10.1 Å². The van der Waals surface area contributed by atoms with E-state index in [-0.39, 0.29) is 11.5 Å². The van der Waals surface area contributed by atoms with E-state index in [4.69, 9.17) is 4.74 Å². The summed E-state index contributed by atoms with van der Waals surface area (Å²) in [5.41, 5.74) is -0.920. The highest BCUT2D eigenvalue weighted by Gasteiger charge is 2.39. The van der Waals surface area contributed by atoms with Crippen molar-refractivity contribution in [1.29, 1.82) is 0 Å². The highest BCUT2D eigenvalue weighted by molar-refractivity contribution is 5.68. The van der Waals surface area contributed by atoms with Gasteiger partial charge in [-0.25, -0.2) is 23.1 Å². The molecule has 9 heteroatoms. The number of ether oxygens (including phenoxy) is 1. The topological polar surface area (TPSA) is 72.6 Å². The van der Waals surface area contributed by atoms with Crippen molar-refractivity contribution in [3.63, 3.8) is 0 Å². The van der Waals surface area contributed by atoms with Gasteiger partial charge in [0, 0.05) is 18.5 Å². The fourth-order valence-electron chi connectivity index (χ4n) is 3.30. The zero-order chi connectivity index (χ0) is 19.1. The van der Waals surface area contributed by atoms with Crippen LogP contribution in [0.4, 0.5) is 13.6 Å². The Labute approximate surface area is 150 Å². The number of piperidine rings is 1. The molecule has 0 aromatic carbocycles. The Bertz CT molecular complexity index is 817. The predicted molar refractivity (Wildman–Crippen MR) is 90.1 cm³/mol. The van der Waals surface area contributed by atoms with Crippen LogP contribution in [-0.2, 0) is 10.2 Å². The van der Waals surface area contributed by atoms with Gasteiger partial charge in [-0.15, -0.1) is 0 Å². The molecule has 0 aliphatic carbocycles. The van der Waals surface area contributed by atoms with Crippen molar-refractivity contribution < 1.29 is 18.3 Å². The summed E-state index contributed by atoms with van der Waals surface area (Å²) >= 11 is 0. The number of likely N-dealkylation sites (tertiary alicyclic amines) is 1. The number of aromatic nitrogens is 4. The van der Waals surface area contributed by atoms with Crippen molar-refractivity contribution >= 4 is 11.9 Å². The summed E-state index contributed by atoms with van der Waals surface area (Å²) in [6.45, 7) is 8.29. The molecule has 2 aromatic rings. The maximum Gasteiger partial charge on any atom is 0.410 e. The number of rotatable bonds is 2. The van der Waals surface area contributed by atoms with Gasteiger partial charge < -0.3 is 9.64 Å². The molecular formula is C17H23F2N5O2. The number of nitrogens with zero attached hydrogens (tertiary/aromatic N) is 5. The van der Waals surface area contributed by atoms with E-state index in [9.17, 15) is 13.6 Å². The molecule has 3 heterocycles. The quantitative estimate of drug-likeness (QED) is 0.814. The van der Waals surface area contributed by atoms with Gasteiger partial charge in [-0.05, 0) is 39.7 Å². The number of carbonyl (C=O) groups is 1. The average molecular weight is 367 g/mol. The minimum Gasteiger partial charge on any atom is -0.444 e. The molecule has 142 valence electrons. The largest absolute Gasteiger partial charge is 0.444 e. The molecule has 1 aliphatic heterocycles. The Morgan fingerprint density at radius 2 is 2.12 bits per heavy atom. The standard InChI is InChI=1S/C17H23F2N5O2/c1-16(2,3)26-15(25)23-7-5-6-17(4,9-23)12-8-11(13(18)19)22-14-20-10-21-24(12)14/h8,10,13H,5-7,9H2,1-4H3. The van der Waals surface area contributed by atoms with Gasteiger partial charge in [0.2, 0.25) is 0 Å². The molecule has 0 spiro atoms. The van der Waals surface area contributed by atoms with Crippen LogP contribution >= 0.6 is 0 Å². The van der Waals surface area contributed by atoms with Crippen LogP contribution in [0.5, 0.6) is 0 Å². The second-order valence-electron chi connectivity index (χ2n) is 7.90. The highest BCUT2D eigenvalue weighted by Crippen LogP contribution is 2.35. The van der Waals surface area contributed by atoms with Crippen LogP contribution in [0.15, 0.2) is 12.4 Å². The van der Waals surface area contributed by atoms with Gasteiger partial charge in [-0.3, -0.25) is 0 Å². The lowest BCUT2D eigenvalue weighted by Crippen LogP contribution is -2.49. The molecule has 1 amide bonds. The third kappa shape index (κ3) is 3.61. The van der Waals surface area contributed by atoms with E-state index in [0.717, 1.165) is 12.8 Å². The minimum atomic E-state index is -2.70. The van der Waals surface area contributed by atoms with Crippen LogP contribution in [0.2, 0.25) is 0 Å². The van der Waals surface area contributed by atoms with Crippen molar-refractivity contribution in [2.24, 2.45) is 0 Å². The molecule has 0 N–H and O–H groups in total. The van der Waals surface area contributed by atoms with E-state index in [1.165, 1.54) is 16.9 Å². The van der Waals surface area contributed by atoms with E-state index in [1.54, 1.807) is 4.90 Å². The van der Waals surface area contributed by atoms with Gasteiger partial charge in [0.15, 0.2) is 0 Å². The Morgan fingerprint density at radius 1 is 1.38 bits per heavy atom. The first kappa shape index (κ1) is 18.5. The second-order valence-corrected chi connectivity index (χ2v) is 7.90. The van der Waals surface area contributed by atoms with Crippen LogP contribution in [0.3, 0.4) is 0 Å². The van der Waals surface area contributed by atoms with E-state index in [0.29, 0.717) is 18.8 Å². The third-order valence-electron chi connectivity index (χ3n) is 4.46. The maximum absolute atomic E-state index is 13.3. The molecule has 7 nitrogen and oxygen atoms in total. The van der Waals surface area contributed by atoms with Crippen LogP contribution < -0.4 is 0 Å². The van der Waals surface area contributed by atoms with Gasteiger partial charge in [0.05, 0.1) is 5.69 Å². The van der Waals surface area contributed by atoms with E-state index < -0.39 is 23.5 Å². The molecule has 1 unspecified atom stereocenters. The van der Waals surface area contributed by atoms with Crippen molar-refractivity contribution in [2.75, 3.05) is 13.1 Å². The highest BCUT2D eigenvalue weighted by atomic mass is 19.3. The molecule has 2 aromatic heterocycles. The van der Waals surface area contributed by atoms with E-state index >= 15 is 0 Å². The number of hydrogen-bond donors (Lipinski definition) is 0. The molecule has 0 radical (unpaired) electrons. The normalized spacial score (nSPS) is 21.4. The lowest BCUT2D eigenvalue weighted by Gasteiger charge is -2.41. The summed E-state index contributed by atoms with van der Waals surface area (Å²) < 4.78 is 33.5. The SMILES string of the molecule is CC(C)(C)OC(=O)N1CCCC(C)(c2cc(C(F)F)nc3ncnn23)C1. The van der Waals surface area contributed by atoms with E-state index in [1.807, 2.05) is 27.7 Å². The fourth-order valence-corrected chi connectivity index (χ4v) is 3.30. The van der Waals surface area contributed by atoms with Crippen LogP contribution in [0.1, 0.15) is 58.3 Å². The Morgan fingerprint density at radius 3 is 2.77 bits per heavy atom. The third-order valence-corrected chi connectivity index (χ3v) is 4.46. The lowest BCUT2D eigenvalue weighted by molar-refractivity contribution is 0.0141. The predicted octanol–water partition coefficient (Wildman–Crippen LogP) is 3.35. The minimum absolute atomic E-state index is 0.133. The first-order chi connectivity index (χ1) is 12.1. The fraction of sp³-hybridized carbons (Fsp3) is 0.647. The number of amides is 1. The summed E-state index contributed by atoms with van der Waals surface area (Å²) in [5.74, 6) is 0.133. The Kier molecular flexibility index (Phi) is 4.58. The molecule has 0 bridgehead atoms. The summed E-state index contributed by atoms with van der Waals surface area (Å²) in [6, 6.07) is 1.37. The number of carbonyl (C=O) groups excluding carboxylic acids is 1. The molecule has 1 atom stereocenters. The molecule has 1 saturated heterocycles. The van der Waals surface area contributed by atoms with Crippen LogP contribution in [0, 0.1) is 0 Å². The van der Waals surface area contributed by atoms with Gasteiger partial charge in [0.25, 0.3) is 12.2 Å². The molecule has 0 saturated carbocycles. The second kappa shape index (κ2) is 6.44. The molecular weight excluding hydrogens is 344 g/mol. The summed E-state index contributed by atoms with van der Waals surface area (Å²) in [7, 11) is 0. The number of fused-ring (bicyclic) bond motifs is 1. The van der Waals surface area contributed by atoms with Crippen LogP contribution in [0.25, 0.3) is 5.78 Å². The monoisotopic (exact) mass is 367 g/mol. The first-order valence-electron chi connectivity index (χ1n) is 8.56. The zero-order valence-electron chi connectivity index (χ0n) is 15.4. The molecule has 1 fully saturated rings. The number of halogens is 2.